The van der Waals surface area contributed by atoms with Gasteiger partial charge in [-0.05, 0) is 31.2 Å². The summed E-state index contributed by atoms with van der Waals surface area (Å²) in [5.41, 5.74) is 0.0792. The monoisotopic (exact) mass is 392 g/mol. The zero-order valence-corrected chi connectivity index (χ0v) is 14.9. The number of nitrogens with zero attached hydrogens (tertiary/aromatic N) is 2. The highest BCUT2D eigenvalue weighted by Gasteiger charge is 2.33. The first-order valence-electron chi connectivity index (χ1n) is 8.10. The molecule has 1 aromatic carbocycles. The summed E-state index contributed by atoms with van der Waals surface area (Å²) in [5.74, 6) is 0.125. The van der Waals surface area contributed by atoms with Gasteiger partial charge >= 0.3 is 12.1 Å². The third kappa shape index (κ3) is 4.30. The summed E-state index contributed by atoms with van der Waals surface area (Å²) in [7, 11) is 1.55. The molecule has 6 nitrogen and oxygen atoms in total. The van der Waals surface area contributed by atoms with Crippen LogP contribution in [-0.4, -0.2) is 23.2 Å². The van der Waals surface area contributed by atoms with Crippen LogP contribution in [0, 0.1) is 6.92 Å². The van der Waals surface area contributed by atoms with Crippen molar-refractivity contribution in [2.75, 3.05) is 7.11 Å². The van der Waals surface area contributed by atoms with E-state index in [1.54, 1.807) is 31.4 Å². The number of halogens is 3. The number of methoxy groups -OCH3 is 1. The quantitative estimate of drug-likeness (QED) is 0.598. The number of rotatable bonds is 5. The van der Waals surface area contributed by atoms with Crippen LogP contribution in [-0.2, 0) is 17.5 Å². The number of benzene rings is 1. The lowest BCUT2D eigenvalue weighted by Crippen LogP contribution is -2.13. The van der Waals surface area contributed by atoms with Crippen LogP contribution in [0.15, 0.2) is 47.0 Å². The Morgan fingerprint density at radius 1 is 1.18 bits per heavy atom. The molecule has 28 heavy (non-hydrogen) atoms. The van der Waals surface area contributed by atoms with Crippen LogP contribution in [0.4, 0.5) is 13.2 Å². The SMILES string of the molecule is COc1cccc(-c2cc(COC(=O)c3ccc(C(F)(F)F)nc3C)on2)c1. The molecule has 0 unspecified atom stereocenters. The van der Waals surface area contributed by atoms with E-state index in [2.05, 4.69) is 10.1 Å². The maximum Gasteiger partial charge on any atom is 0.433 e. The Morgan fingerprint density at radius 3 is 2.64 bits per heavy atom. The molecule has 0 saturated carbocycles. The van der Waals surface area contributed by atoms with Gasteiger partial charge in [0, 0.05) is 11.6 Å². The summed E-state index contributed by atoms with van der Waals surface area (Å²) in [4.78, 5) is 15.5. The minimum atomic E-state index is -4.58. The smallest absolute Gasteiger partial charge is 0.433 e. The fourth-order valence-corrected chi connectivity index (χ4v) is 2.45. The lowest BCUT2D eigenvalue weighted by atomic mass is 10.1. The van der Waals surface area contributed by atoms with E-state index in [0.717, 1.165) is 17.7 Å². The third-order valence-corrected chi connectivity index (χ3v) is 3.87. The fraction of sp³-hybridized carbons (Fsp3) is 0.211. The summed E-state index contributed by atoms with van der Waals surface area (Å²) in [6.45, 7) is 1.08. The Kier molecular flexibility index (Phi) is 5.34. The van der Waals surface area contributed by atoms with Crippen molar-refractivity contribution in [3.05, 3.63) is 65.2 Å². The fourth-order valence-electron chi connectivity index (χ4n) is 2.45. The topological polar surface area (TPSA) is 74.5 Å². The maximum absolute atomic E-state index is 12.7. The molecule has 0 aliphatic rings. The average molecular weight is 392 g/mol. The molecule has 0 atom stereocenters. The standard InChI is InChI=1S/C19H15F3N2O4/c1-11-15(6-7-17(23-11)19(20,21)22)18(25)27-10-14-9-16(24-28-14)12-4-3-5-13(8-12)26-2/h3-9H,10H2,1-2H3. The molecule has 0 fully saturated rings. The Morgan fingerprint density at radius 2 is 1.96 bits per heavy atom. The molecule has 0 bridgehead atoms. The lowest BCUT2D eigenvalue weighted by molar-refractivity contribution is -0.141. The van der Waals surface area contributed by atoms with Crippen LogP contribution < -0.4 is 4.74 Å². The van der Waals surface area contributed by atoms with Gasteiger partial charge in [-0.2, -0.15) is 13.2 Å². The van der Waals surface area contributed by atoms with Gasteiger partial charge in [-0.1, -0.05) is 17.3 Å². The largest absolute Gasteiger partial charge is 0.497 e. The molecule has 0 N–H and O–H groups in total. The summed E-state index contributed by atoms with van der Waals surface area (Å²) in [5, 5.41) is 3.91. The van der Waals surface area contributed by atoms with Crippen LogP contribution in [0.3, 0.4) is 0 Å². The van der Waals surface area contributed by atoms with E-state index in [0.29, 0.717) is 11.4 Å². The van der Waals surface area contributed by atoms with Crippen LogP contribution in [0.1, 0.15) is 27.5 Å². The zero-order valence-electron chi connectivity index (χ0n) is 14.9. The molecular weight excluding hydrogens is 377 g/mol. The Hall–Kier alpha value is -3.36. The van der Waals surface area contributed by atoms with Crippen molar-refractivity contribution < 1.29 is 32.0 Å². The molecule has 146 valence electrons. The van der Waals surface area contributed by atoms with Crippen molar-refractivity contribution in [1.29, 1.82) is 0 Å². The van der Waals surface area contributed by atoms with E-state index >= 15 is 0 Å². The molecule has 0 amide bonds. The maximum atomic E-state index is 12.7. The summed E-state index contributed by atoms with van der Waals surface area (Å²) in [6.07, 6.45) is -4.58. The van der Waals surface area contributed by atoms with Gasteiger partial charge in [0.15, 0.2) is 12.4 Å². The molecule has 9 heteroatoms. The van der Waals surface area contributed by atoms with Crippen LogP contribution in [0.25, 0.3) is 11.3 Å². The highest BCUT2D eigenvalue weighted by Crippen LogP contribution is 2.28. The van der Waals surface area contributed by atoms with Gasteiger partial charge < -0.3 is 14.0 Å². The average Bonchev–Trinajstić information content (AvgIpc) is 3.14. The highest BCUT2D eigenvalue weighted by molar-refractivity contribution is 5.90. The van der Waals surface area contributed by atoms with E-state index in [-0.39, 0.29) is 23.6 Å². The minimum absolute atomic E-state index is 0.0551. The second kappa shape index (κ2) is 7.71. The molecule has 0 aliphatic heterocycles. The Balaban J connectivity index is 1.68. The van der Waals surface area contributed by atoms with Crippen molar-refractivity contribution in [1.82, 2.24) is 10.1 Å². The van der Waals surface area contributed by atoms with Crippen LogP contribution in [0.5, 0.6) is 5.75 Å². The van der Waals surface area contributed by atoms with Gasteiger partial charge in [-0.15, -0.1) is 0 Å². The molecule has 3 aromatic rings. The first-order chi connectivity index (χ1) is 13.3. The van der Waals surface area contributed by atoms with E-state index < -0.39 is 17.8 Å². The van der Waals surface area contributed by atoms with Gasteiger partial charge in [0.05, 0.1) is 18.4 Å². The predicted molar refractivity (Wildman–Crippen MR) is 91.6 cm³/mol. The normalized spacial score (nSPS) is 11.3. The first-order valence-corrected chi connectivity index (χ1v) is 8.10. The number of ether oxygens (including phenoxy) is 2. The number of carbonyl (C=O) groups is 1. The molecule has 0 aliphatic carbocycles. The molecule has 2 heterocycles. The van der Waals surface area contributed by atoms with Gasteiger partial charge in [-0.3, -0.25) is 0 Å². The summed E-state index contributed by atoms with van der Waals surface area (Å²) >= 11 is 0. The minimum Gasteiger partial charge on any atom is -0.497 e. The van der Waals surface area contributed by atoms with Gasteiger partial charge in [-0.25, -0.2) is 9.78 Å². The molecule has 0 saturated heterocycles. The second-order valence-electron chi connectivity index (χ2n) is 5.81. The summed E-state index contributed by atoms with van der Waals surface area (Å²) in [6, 6.07) is 10.5. The second-order valence-corrected chi connectivity index (χ2v) is 5.81. The van der Waals surface area contributed by atoms with E-state index in [4.69, 9.17) is 14.0 Å². The predicted octanol–water partition coefficient (Wildman–Crippen LogP) is 4.43. The zero-order chi connectivity index (χ0) is 20.3. The molecule has 2 aromatic heterocycles. The molecule has 3 rings (SSSR count). The van der Waals surface area contributed by atoms with E-state index in [9.17, 15) is 18.0 Å². The summed E-state index contributed by atoms with van der Waals surface area (Å²) < 4.78 is 53.3. The van der Waals surface area contributed by atoms with E-state index in [1.165, 1.54) is 6.92 Å². The molecular formula is C19H15F3N2O4. The number of aryl methyl sites for hydroxylation is 1. The van der Waals surface area contributed by atoms with Crippen molar-refractivity contribution in [3.8, 4) is 17.0 Å². The van der Waals surface area contributed by atoms with E-state index in [1.807, 2.05) is 6.07 Å². The number of alkyl halides is 3. The van der Waals surface area contributed by atoms with Gasteiger partial charge in [0.1, 0.15) is 17.1 Å². The number of esters is 1. The number of hydrogen-bond acceptors (Lipinski definition) is 6. The number of pyridine rings is 1. The Labute approximate surface area is 157 Å². The molecule has 0 radical (unpaired) electrons. The lowest BCUT2D eigenvalue weighted by Gasteiger charge is -2.09. The van der Waals surface area contributed by atoms with Gasteiger partial charge in [0.2, 0.25) is 0 Å². The number of hydrogen-bond donors (Lipinski definition) is 0. The molecule has 0 spiro atoms. The number of carbonyl (C=O) groups excluding carboxylic acids is 1. The van der Waals surface area contributed by atoms with Crippen LogP contribution in [0.2, 0.25) is 0 Å². The van der Waals surface area contributed by atoms with Crippen molar-refractivity contribution in [3.63, 3.8) is 0 Å². The van der Waals surface area contributed by atoms with Crippen molar-refractivity contribution in [2.45, 2.75) is 19.7 Å². The third-order valence-electron chi connectivity index (χ3n) is 3.87. The highest BCUT2D eigenvalue weighted by atomic mass is 19.4. The Bertz CT molecular complexity index is 999. The van der Waals surface area contributed by atoms with Gasteiger partial charge in [0.25, 0.3) is 0 Å². The number of aromatic nitrogens is 2. The van der Waals surface area contributed by atoms with Crippen molar-refractivity contribution in [2.24, 2.45) is 0 Å². The van der Waals surface area contributed by atoms with Crippen LogP contribution >= 0.6 is 0 Å². The first kappa shape index (κ1) is 19.4. The van der Waals surface area contributed by atoms with Crippen molar-refractivity contribution >= 4 is 5.97 Å².